The molecule has 0 aromatic rings. The molecule has 1 atom stereocenters. The number of allylic oxidation sites excluding steroid dienone is 2. The third-order valence-electron chi connectivity index (χ3n) is 2.22. The lowest BCUT2D eigenvalue weighted by molar-refractivity contribution is -0.167. The number of carboxylic acid groups (broad SMARTS) is 1. The van der Waals surface area contributed by atoms with E-state index in [-0.39, 0.29) is 19.4 Å². The lowest BCUT2D eigenvalue weighted by Gasteiger charge is -2.21. The third-order valence-corrected chi connectivity index (χ3v) is 2.51. The maximum absolute atomic E-state index is 11.5. The number of esters is 1. The maximum atomic E-state index is 11.5. The molecule has 0 saturated heterocycles. The Labute approximate surface area is 86.5 Å². The second kappa shape index (κ2) is 4.00. The van der Waals surface area contributed by atoms with Crippen molar-refractivity contribution >= 4 is 23.5 Å². The molecular formula is C9H11ClO4. The van der Waals surface area contributed by atoms with Crippen LogP contribution in [0.3, 0.4) is 0 Å². The first kappa shape index (κ1) is 11.0. The van der Waals surface area contributed by atoms with Crippen molar-refractivity contribution in [2.45, 2.75) is 19.8 Å². The zero-order chi connectivity index (χ0) is 10.8. The van der Waals surface area contributed by atoms with E-state index in [9.17, 15) is 9.59 Å². The van der Waals surface area contributed by atoms with Gasteiger partial charge in [0.15, 0.2) is 5.41 Å². The molecule has 1 aliphatic carbocycles. The highest BCUT2D eigenvalue weighted by atomic mass is 35.5. The van der Waals surface area contributed by atoms with Gasteiger partial charge in [0.05, 0.1) is 6.61 Å². The summed E-state index contributed by atoms with van der Waals surface area (Å²) in [6.07, 6.45) is 1.69. The first-order valence-corrected chi connectivity index (χ1v) is 4.66. The van der Waals surface area contributed by atoms with Crippen molar-refractivity contribution < 1.29 is 19.4 Å². The van der Waals surface area contributed by atoms with Crippen molar-refractivity contribution in [2.75, 3.05) is 6.61 Å². The van der Waals surface area contributed by atoms with E-state index in [0.717, 1.165) is 0 Å². The molecule has 4 nitrogen and oxygen atoms in total. The number of rotatable bonds is 3. The molecule has 1 N–H and O–H groups in total. The fourth-order valence-corrected chi connectivity index (χ4v) is 1.70. The Balaban J connectivity index is 2.86. The summed E-state index contributed by atoms with van der Waals surface area (Å²) in [5.74, 6) is -1.89. The standard InChI is InChI=1S/C9H11ClO4/c1-2-14-8(13)9(7(11)12)4-3-6(10)5-9/h3H,2,4-5H2,1H3,(H,11,12). The molecule has 1 rings (SSSR count). The summed E-state index contributed by atoms with van der Waals surface area (Å²) in [7, 11) is 0. The number of hydrogen-bond acceptors (Lipinski definition) is 3. The lowest BCUT2D eigenvalue weighted by atomic mass is 9.85. The van der Waals surface area contributed by atoms with Gasteiger partial charge in [-0.2, -0.15) is 0 Å². The van der Waals surface area contributed by atoms with Crippen molar-refractivity contribution in [3.8, 4) is 0 Å². The van der Waals surface area contributed by atoms with Gasteiger partial charge >= 0.3 is 11.9 Å². The van der Waals surface area contributed by atoms with Crippen molar-refractivity contribution in [3.63, 3.8) is 0 Å². The van der Waals surface area contributed by atoms with Crippen LogP contribution in [0.15, 0.2) is 11.1 Å². The Kier molecular flexibility index (Phi) is 3.16. The van der Waals surface area contributed by atoms with E-state index in [2.05, 4.69) is 0 Å². The molecule has 14 heavy (non-hydrogen) atoms. The number of carboxylic acids is 1. The lowest BCUT2D eigenvalue weighted by Crippen LogP contribution is -2.38. The van der Waals surface area contributed by atoms with E-state index < -0.39 is 17.4 Å². The van der Waals surface area contributed by atoms with Gasteiger partial charge in [0.1, 0.15) is 0 Å². The van der Waals surface area contributed by atoms with Gasteiger partial charge in [-0.1, -0.05) is 17.7 Å². The molecule has 0 amide bonds. The van der Waals surface area contributed by atoms with Crippen LogP contribution >= 0.6 is 11.6 Å². The fraction of sp³-hybridized carbons (Fsp3) is 0.556. The second-order valence-corrected chi connectivity index (χ2v) is 3.63. The van der Waals surface area contributed by atoms with Crippen LogP contribution in [0.25, 0.3) is 0 Å². The predicted octanol–water partition coefficient (Wildman–Crippen LogP) is 1.54. The Morgan fingerprint density at radius 3 is 2.71 bits per heavy atom. The van der Waals surface area contributed by atoms with Gasteiger partial charge in [-0.05, 0) is 13.3 Å². The minimum absolute atomic E-state index is 0.0305. The molecule has 5 heteroatoms. The van der Waals surface area contributed by atoms with Gasteiger partial charge in [0.2, 0.25) is 0 Å². The van der Waals surface area contributed by atoms with E-state index in [0.29, 0.717) is 5.03 Å². The number of aliphatic carboxylic acids is 1. The quantitative estimate of drug-likeness (QED) is 0.577. The molecule has 0 fully saturated rings. The first-order chi connectivity index (χ1) is 6.53. The smallest absolute Gasteiger partial charge is 0.324 e. The molecule has 0 spiro atoms. The minimum atomic E-state index is -1.49. The zero-order valence-corrected chi connectivity index (χ0v) is 8.50. The number of carbonyl (C=O) groups is 2. The summed E-state index contributed by atoms with van der Waals surface area (Å²) < 4.78 is 4.73. The van der Waals surface area contributed by atoms with Crippen LogP contribution in [0.4, 0.5) is 0 Å². The van der Waals surface area contributed by atoms with E-state index in [4.69, 9.17) is 21.4 Å². The fourth-order valence-electron chi connectivity index (χ4n) is 1.39. The molecule has 1 unspecified atom stereocenters. The molecule has 0 aliphatic heterocycles. The number of halogens is 1. The van der Waals surface area contributed by atoms with Crippen molar-refractivity contribution in [1.29, 1.82) is 0 Å². The van der Waals surface area contributed by atoms with Gasteiger partial charge in [-0.3, -0.25) is 9.59 Å². The molecule has 0 bridgehead atoms. The van der Waals surface area contributed by atoms with E-state index in [1.165, 1.54) is 0 Å². The molecule has 0 heterocycles. The summed E-state index contributed by atoms with van der Waals surface area (Å²) in [6.45, 7) is 1.81. The summed E-state index contributed by atoms with van der Waals surface area (Å²) in [6, 6.07) is 0. The van der Waals surface area contributed by atoms with E-state index >= 15 is 0 Å². The van der Waals surface area contributed by atoms with Crippen molar-refractivity contribution in [2.24, 2.45) is 5.41 Å². The summed E-state index contributed by atoms with van der Waals surface area (Å²) in [5.41, 5.74) is -1.49. The molecule has 0 radical (unpaired) electrons. The second-order valence-electron chi connectivity index (χ2n) is 3.14. The molecule has 0 saturated carbocycles. The van der Waals surface area contributed by atoms with Crippen molar-refractivity contribution in [3.05, 3.63) is 11.1 Å². The normalized spacial score (nSPS) is 25.7. The van der Waals surface area contributed by atoms with E-state index in [1.807, 2.05) is 0 Å². The average Bonchev–Trinajstić information content (AvgIpc) is 2.49. The van der Waals surface area contributed by atoms with Crippen LogP contribution in [0.1, 0.15) is 19.8 Å². The molecule has 0 aromatic heterocycles. The van der Waals surface area contributed by atoms with Crippen LogP contribution in [-0.2, 0) is 14.3 Å². The predicted molar refractivity (Wildman–Crippen MR) is 49.9 cm³/mol. The summed E-state index contributed by atoms with van der Waals surface area (Å²) in [5, 5.41) is 9.39. The largest absolute Gasteiger partial charge is 0.480 e. The van der Waals surface area contributed by atoms with Gasteiger partial charge in [-0.15, -0.1) is 0 Å². The average molecular weight is 219 g/mol. The minimum Gasteiger partial charge on any atom is -0.480 e. The Hall–Kier alpha value is -1.03. The summed E-state index contributed by atoms with van der Waals surface area (Å²) in [4.78, 5) is 22.5. The van der Waals surface area contributed by atoms with Crippen LogP contribution < -0.4 is 0 Å². The Morgan fingerprint density at radius 1 is 1.71 bits per heavy atom. The zero-order valence-electron chi connectivity index (χ0n) is 7.75. The molecule has 1 aliphatic rings. The van der Waals surface area contributed by atoms with Gasteiger partial charge in [0, 0.05) is 11.5 Å². The SMILES string of the molecule is CCOC(=O)C1(C(=O)O)CC=C(Cl)C1. The van der Waals surface area contributed by atoms with Gasteiger partial charge in [-0.25, -0.2) is 0 Å². The first-order valence-electron chi connectivity index (χ1n) is 4.28. The number of hydrogen-bond donors (Lipinski definition) is 1. The van der Waals surface area contributed by atoms with Crippen LogP contribution in [0.2, 0.25) is 0 Å². The van der Waals surface area contributed by atoms with Crippen LogP contribution in [0.5, 0.6) is 0 Å². The van der Waals surface area contributed by atoms with Gasteiger partial charge < -0.3 is 9.84 Å². The number of carbonyl (C=O) groups excluding carboxylic acids is 1. The third kappa shape index (κ3) is 1.75. The highest BCUT2D eigenvalue weighted by Gasteiger charge is 2.50. The molecule has 0 aromatic carbocycles. The summed E-state index contributed by atoms with van der Waals surface area (Å²) >= 11 is 5.67. The van der Waals surface area contributed by atoms with Crippen LogP contribution in [0, 0.1) is 5.41 Å². The highest BCUT2D eigenvalue weighted by Crippen LogP contribution is 2.40. The van der Waals surface area contributed by atoms with Crippen LogP contribution in [-0.4, -0.2) is 23.7 Å². The van der Waals surface area contributed by atoms with E-state index in [1.54, 1.807) is 13.0 Å². The van der Waals surface area contributed by atoms with Crippen molar-refractivity contribution in [1.82, 2.24) is 0 Å². The number of ether oxygens (including phenoxy) is 1. The Morgan fingerprint density at radius 2 is 2.36 bits per heavy atom. The maximum Gasteiger partial charge on any atom is 0.324 e. The highest BCUT2D eigenvalue weighted by molar-refractivity contribution is 6.30. The monoisotopic (exact) mass is 218 g/mol. The Bertz CT molecular complexity index is 297. The molecular weight excluding hydrogens is 208 g/mol. The topological polar surface area (TPSA) is 63.6 Å². The molecule has 78 valence electrons. The van der Waals surface area contributed by atoms with Gasteiger partial charge in [0.25, 0.3) is 0 Å².